The normalized spacial score (nSPS) is 13.8. The van der Waals surface area contributed by atoms with Crippen molar-refractivity contribution in [2.45, 2.75) is 18.3 Å². The number of thiazole rings is 1. The van der Waals surface area contributed by atoms with Crippen LogP contribution >= 0.6 is 11.3 Å². The van der Waals surface area contributed by atoms with Crippen LogP contribution < -0.4 is 10.9 Å². The molecule has 2 rings (SSSR count). The van der Waals surface area contributed by atoms with Crippen LogP contribution in [0.15, 0.2) is 17.2 Å². The van der Waals surface area contributed by atoms with Gasteiger partial charge < -0.3 is 10.7 Å². The predicted molar refractivity (Wildman–Crippen MR) is 80.1 cm³/mol. The SMILES string of the molecule is N=C/C(=C\NCC(F)(F)C(F)(F)F)c1c(C(F)(F)F)nc2sc(F)cn2c1=O. The fourth-order valence-corrected chi connectivity index (χ4v) is 2.66. The molecule has 0 radical (unpaired) electrons. The summed E-state index contributed by atoms with van der Waals surface area (Å²) in [5.41, 5.74) is -5.64. The number of allylic oxidation sites excluding steroid dienone is 1. The van der Waals surface area contributed by atoms with Crippen LogP contribution in [-0.2, 0) is 6.18 Å². The average molecular weight is 438 g/mol. The van der Waals surface area contributed by atoms with Gasteiger partial charge in [-0.1, -0.05) is 11.3 Å². The summed E-state index contributed by atoms with van der Waals surface area (Å²) in [7, 11) is 0. The molecule has 0 aromatic carbocycles. The van der Waals surface area contributed by atoms with Crippen molar-refractivity contribution in [3.63, 3.8) is 0 Å². The zero-order chi connectivity index (χ0) is 21.5. The lowest BCUT2D eigenvalue weighted by molar-refractivity contribution is -0.278. The highest BCUT2D eigenvalue weighted by atomic mass is 32.1. The minimum absolute atomic E-state index is 0.117. The maximum Gasteiger partial charge on any atom is 0.455 e. The first-order chi connectivity index (χ1) is 12.7. The number of aromatic nitrogens is 2. The molecule has 2 aromatic heterocycles. The van der Waals surface area contributed by atoms with Gasteiger partial charge in [0, 0.05) is 18.0 Å². The minimum atomic E-state index is -5.93. The molecule has 0 saturated heterocycles. The van der Waals surface area contributed by atoms with Crippen LogP contribution in [0.2, 0.25) is 0 Å². The van der Waals surface area contributed by atoms with Gasteiger partial charge in [0.05, 0.1) is 18.3 Å². The van der Waals surface area contributed by atoms with E-state index in [4.69, 9.17) is 5.41 Å². The Bertz CT molecular complexity index is 987. The summed E-state index contributed by atoms with van der Waals surface area (Å²) in [4.78, 5) is 14.7. The molecule has 0 bridgehead atoms. The molecule has 0 saturated carbocycles. The Hall–Kier alpha value is -2.58. The van der Waals surface area contributed by atoms with E-state index in [1.807, 2.05) is 0 Å². The van der Waals surface area contributed by atoms with Crippen molar-refractivity contribution in [2.24, 2.45) is 0 Å². The van der Waals surface area contributed by atoms with E-state index in [0.29, 0.717) is 10.6 Å². The van der Waals surface area contributed by atoms with Crippen molar-refractivity contribution in [3.8, 4) is 0 Å². The molecule has 2 aromatic rings. The molecule has 0 aliphatic carbocycles. The summed E-state index contributed by atoms with van der Waals surface area (Å²) < 4.78 is 115. The van der Waals surface area contributed by atoms with Gasteiger partial charge in [0.25, 0.3) is 5.56 Å². The van der Waals surface area contributed by atoms with Crippen molar-refractivity contribution >= 4 is 28.1 Å². The highest BCUT2D eigenvalue weighted by Gasteiger charge is 2.57. The minimum Gasteiger partial charge on any atom is -0.384 e. The molecular weight excluding hydrogens is 431 g/mol. The highest BCUT2D eigenvalue weighted by Crippen LogP contribution is 2.35. The number of fused-ring (bicyclic) bond motifs is 1. The Labute approximate surface area is 152 Å². The molecule has 2 N–H and O–H groups in total. The zero-order valence-electron chi connectivity index (χ0n) is 13.1. The van der Waals surface area contributed by atoms with Crippen LogP contribution in [0.5, 0.6) is 0 Å². The number of hydrogen-bond donors (Lipinski definition) is 2. The lowest BCUT2D eigenvalue weighted by Crippen LogP contribution is -2.44. The molecule has 5 nitrogen and oxygen atoms in total. The van der Waals surface area contributed by atoms with E-state index in [9.17, 15) is 44.3 Å². The number of hydrogen-bond acceptors (Lipinski definition) is 5. The predicted octanol–water partition coefficient (Wildman–Crippen LogP) is 3.69. The van der Waals surface area contributed by atoms with Gasteiger partial charge in [-0.15, -0.1) is 0 Å². The number of halogens is 9. The lowest BCUT2D eigenvalue weighted by atomic mass is 10.1. The van der Waals surface area contributed by atoms with Gasteiger partial charge in [0.15, 0.2) is 15.8 Å². The van der Waals surface area contributed by atoms with Gasteiger partial charge in [-0.05, 0) is 0 Å². The van der Waals surface area contributed by atoms with Crippen LogP contribution in [0, 0.1) is 10.5 Å². The molecule has 154 valence electrons. The monoisotopic (exact) mass is 438 g/mol. The topological polar surface area (TPSA) is 70.2 Å². The molecular formula is C13H7F9N4OS. The number of rotatable bonds is 5. The van der Waals surface area contributed by atoms with Crippen molar-refractivity contribution in [1.82, 2.24) is 14.7 Å². The fourth-order valence-electron chi connectivity index (χ4n) is 1.96. The average Bonchev–Trinajstić information content (AvgIpc) is 2.91. The first-order valence-corrected chi connectivity index (χ1v) is 7.68. The number of alkyl halides is 8. The van der Waals surface area contributed by atoms with Gasteiger partial charge in [-0.2, -0.15) is 39.5 Å². The van der Waals surface area contributed by atoms with E-state index in [1.54, 1.807) is 0 Å². The van der Waals surface area contributed by atoms with Gasteiger partial charge >= 0.3 is 18.3 Å². The Balaban J connectivity index is 2.58. The molecule has 0 amide bonds. The van der Waals surface area contributed by atoms with Crippen molar-refractivity contribution < 1.29 is 39.5 Å². The van der Waals surface area contributed by atoms with E-state index in [-0.39, 0.29) is 23.8 Å². The highest BCUT2D eigenvalue weighted by molar-refractivity contribution is 7.15. The smallest absolute Gasteiger partial charge is 0.384 e. The van der Waals surface area contributed by atoms with Crippen LogP contribution in [0.3, 0.4) is 0 Å². The van der Waals surface area contributed by atoms with Crippen molar-refractivity contribution in [3.05, 3.63) is 39.1 Å². The van der Waals surface area contributed by atoms with Gasteiger partial charge in [0.1, 0.15) is 0 Å². The molecule has 0 unspecified atom stereocenters. The Morgan fingerprint density at radius 2 is 1.82 bits per heavy atom. The van der Waals surface area contributed by atoms with Crippen LogP contribution in [0.4, 0.5) is 39.5 Å². The summed E-state index contributed by atoms with van der Waals surface area (Å²) in [5.74, 6) is -5.22. The van der Waals surface area contributed by atoms with E-state index < -0.39 is 57.3 Å². The molecule has 15 heteroatoms. The third-order valence-corrected chi connectivity index (χ3v) is 3.98. The third kappa shape index (κ3) is 4.13. The third-order valence-electron chi connectivity index (χ3n) is 3.21. The molecule has 0 atom stereocenters. The Kier molecular flexibility index (Phi) is 5.51. The lowest BCUT2D eigenvalue weighted by Gasteiger charge is -2.19. The van der Waals surface area contributed by atoms with E-state index in [2.05, 4.69) is 4.98 Å². The van der Waals surface area contributed by atoms with E-state index >= 15 is 0 Å². The second kappa shape index (κ2) is 7.10. The molecule has 28 heavy (non-hydrogen) atoms. The zero-order valence-corrected chi connectivity index (χ0v) is 13.9. The summed E-state index contributed by atoms with van der Waals surface area (Å²) >= 11 is 0.117. The first kappa shape index (κ1) is 21.7. The second-order valence-corrected chi connectivity index (χ2v) is 6.11. The second-order valence-electron chi connectivity index (χ2n) is 5.15. The van der Waals surface area contributed by atoms with E-state index in [1.165, 1.54) is 5.32 Å². The van der Waals surface area contributed by atoms with Gasteiger partial charge in [-0.25, -0.2) is 4.98 Å². The quantitative estimate of drug-likeness (QED) is 0.553. The molecule has 0 spiro atoms. The van der Waals surface area contributed by atoms with Crippen LogP contribution in [-0.4, -0.2) is 34.2 Å². The van der Waals surface area contributed by atoms with Gasteiger partial charge in [-0.3, -0.25) is 9.20 Å². The first-order valence-electron chi connectivity index (χ1n) is 6.87. The maximum absolute atomic E-state index is 13.3. The fraction of sp³-hybridized carbons (Fsp3) is 0.308. The summed E-state index contributed by atoms with van der Waals surface area (Å²) in [6.07, 6.45) is -10.3. The largest absolute Gasteiger partial charge is 0.455 e. The van der Waals surface area contributed by atoms with Crippen molar-refractivity contribution in [1.29, 1.82) is 5.41 Å². The molecule has 0 aliphatic rings. The summed E-state index contributed by atoms with van der Waals surface area (Å²) in [6, 6.07) is 0. The van der Waals surface area contributed by atoms with Gasteiger partial charge in [0.2, 0.25) is 0 Å². The molecule has 0 aliphatic heterocycles. The standard InChI is InChI=1S/C13H7F9N4OS/c14-6-3-26-9(27)7(8(12(17,18)19)25-10(26)28-6)5(1-23)2-24-4-11(15,16)13(20,21)22/h1-3,23-24H,4H2/b5-2+,23-1?. The Morgan fingerprint density at radius 3 is 2.32 bits per heavy atom. The van der Waals surface area contributed by atoms with Crippen LogP contribution in [0.1, 0.15) is 11.3 Å². The Morgan fingerprint density at radius 1 is 1.21 bits per heavy atom. The number of nitrogens with one attached hydrogen (secondary N) is 2. The molecule has 2 heterocycles. The van der Waals surface area contributed by atoms with E-state index in [0.717, 1.165) is 0 Å². The summed E-state index contributed by atoms with van der Waals surface area (Å²) in [5, 5.41) is 7.49. The van der Waals surface area contributed by atoms with Crippen molar-refractivity contribution in [2.75, 3.05) is 6.54 Å². The summed E-state index contributed by atoms with van der Waals surface area (Å²) in [6.45, 7) is -2.06. The maximum atomic E-state index is 13.3. The molecule has 0 fully saturated rings. The number of nitrogens with zero attached hydrogens (tertiary/aromatic N) is 2. The van der Waals surface area contributed by atoms with Crippen LogP contribution in [0.25, 0.3) is 10.5 Å².